The van der Waals surface area contributed by atoms with Crippen molar-refractivity contribution in [3.63, 3.8) is 0 Å². The molecular weight excluding hydrogens is 358 g/mol. The van der Waals surface area contributed by atoms with Gasteiger partial charge in [-0.2, -0.15) is 0 Å². The Labute approximate surface area is 149 Å². The molecule has 0 unspecified atom stereocenters. The van der Waals surface area contributed by atoms with E-state index in [0.717, 1.165) is 29.8 Å². The molecule has 0 radical (unpaired) electrons. The first kappa shape index (κ1) is 16.8. The van der Waals surface area contributed by atoms with Crippen LogP contribution < -0.4 is 0 Å². The van der Waals surface area contributed by atoms with E-state index < -0.39 is 15.2 Å². The van der Waals surface area contributed by atoms with Gasteiger partial charge < -0.3 is 8.97 Å². The molecule has 9 nitrogen and oxygen atoms in total. The van der Waals surface area contributed by atoms with Crippen LogP contribution in [0.15, 0.2) is 46.6 Å². The van der Waals surface area contributed by atoms with Gasteiger partial charge in [0.2, 0.25) is 5.09 Å². The number of rotatable bonds is 4. The van der Waals surface area contributed by atoms with Crippen LogP contribution in [0.4, 0.5) is 0 Å². The molecule has 10 heteroatoms. The van der Waals surface area contributed by atoms with Crippen molar-refractivity contribution in [3.05, 3.63) is 54.1 Å². The Balaban J connectivity index is 1.49. The van der Waals surface area contributed by atoms with E-state index in [-0.39, 0.29) is 0 Å². The van der Waals surface area contributed by atoms with Crippen molar-refractivity contribution < 1.29 is 17.4 Å². The molecule has 0 N–H and O–H groups in total. The van der Waals surface area contributed by atoms with Crippen molar-refractivity contribution in [2.24, 2.45) is 0 Å². The summed E-state index contributed by atoms with van der Waals surface area (Å²) in [6.45, 7) is 1.75. The minimum Gasteiger partial charge on any atom is -0.742 e. The highest BCUT2D eigenvalue weighted by atomic mass is 32.2. The summed E-state index contributed by atoms with van der Waals surface area (Å²) >= 11 is 0. The normalized spacial score (nSPS) is 15.0. The number of aromatic nitrogens is 4. The van der Waals surface area contributed by atoms with Crippen LogP contribution in [0.3, 0.4) is 0 Å². The molecule has 0 saturated carbocycles. The molecule has 0 amide bonds. The summed E-state index contributed by atoms with van der Waals surface area (Å²) in [5.41, 5.74) is 2.73. The Kier molecular flexibility index (Phi) is 4.23. The van der Waals surface area contributed by atoms with Gasteiger partial charge in [0, 0.05) is 43.7 Å². The van der Waals surface area contributed by atoms with Crippen LogP contribution in [-0.2, 0) is 29.6 Å². The van der Waals surface area contributed by atoms with E-state index in [4.69, 9.17) is 4.42 Å². The number of nitrogens with zero attached hydrogens (tertiary/aromatic N) is 5. The van der Waals surface area contributed by atoms with Gasteiger partial charge in [-0.25, -0.2) is 28.4 Å². The van der Waals surface area contributed by atoms with Crippen LogP contribution >= 0.6 is 0 Å². The van der Waals surface area contributed by atoms with Crippen LogP contribution in [0.1, 0.15) is 17.0 Å². The smallest absolute Gasteiger partial charge is 0.205 e. The topological polar surface area (TPSA) is 125 Å². The van der Waals surface area contributed by atoms with Crippen molar-refractivity contribution >= 4 is 10.1 Å². The van der Waals surface area contributed by atoms with Gasteiger partial charge in [0.25, 0.3) is 0 Å². The average Bonchev–Trinajstić information content (AvgIpc) is 3.11. The van der Waals surface area contributed by atoms with E-state index in [0.29, 0.717) is 24.7 Å². The molecule has 0 spiro atoms. The van der Waals surface area contributed by atoms with Crippen LogP contribution in [0.25, 0.3) is 11.4 Å². The van der Waals surface area contributed by atoms with Crippen LogP contribution in [0, 0.1) is 0 Å². The molecule has 4 heterocycles. The van der Waals surface area contributed by atoms with Gasteiger partial charge >= 0.3 is 0 Å². The number of hydrogen-bond donors (Lipinski definition) is 0. The first-order chi connectivity index (χ1) is 12.5. The average molecular weight is 372 g/mol. The molecule has 0 aromatic carbocycles. The molecule has 134 valence electrons. The number of fused-ring (bicyclic) bond motifs is 1. The van der Waals surface area contributed by atoms with Crippen molar-refractivity contribution in [3.8, 4) is 11.4 Å². The first-order valence-corrected chi connectivity index (χ1v) is 9.27. The summed E-state index contributed by atoms with van der Waals surface area (Å²) in [5.74, 6) is 1.02. The zero-order chi connectivity index (χ0) is 18.1. The monoisotopic (exact) mass is 372 g/mol. The molecule has 0 bridgehead atoms. The number of hydrogen-bond acceptors (Lipinski definition) is 9. The molecule has 1 aliphatic heterocycles. The second kappa shape index (κ2) is 6.56. The van der Waals surface area contributed by atoms with Crippen molar-refractivity contribution in [2.75, 3.05) is 6.54 Å². The number of furan rings is 1. The Morgan fingerprint density at radius 3 is 2.73 bits per heavy atom. The molecular formula is C16H14N5O4S-. The summed E-state index contributed by atoms with van der Waals surface area (Å²) in [7, 11) is -4.57. The van der Waals surface area contributed by atoms with Crippen LogP contribution in [0.2, 0.25) is 0 Å². The standard InChI is InChI=1S/C16H15N5O4S/c22-26(23,24)15-2-1-13(25-15)9-21-4-3-14-12(8-21)7-19-16(20-14)11-5-17-10-18-6-11/h1-2,5-7,10H,3-4,8-9H2,(H,22,23,24)/p-1. The Morgan fingerprint density at radius 1 is 1.19 bits per heavy atom. The predicted octanol–water partition coefficient (Wildman–Crippen LogP) is 0.989. The maximum atomic E-state index is 11.0. The van der Waals surface area contributed by atoms with Crippen molar-refractivity contribution in [1.29, 1.82) is 0 Å². The van der Waals surface area contributed by atoms with E-state index in [2.05, 4.69) is 24.8 Å². The first-order valence-electron chi connectivity index (χ1n) is 7.86. The Bertz CT molecular complexity index is 1040. The lowest BCUT2D eigenvalue weighted by atomic mass is 10.1. The second-order valence-corrected chi connectivity index (χ2v) is 7.24. The molecule has 0 aliphatic carbocycles. The molecule has 3 aromatic rings. The summed E-state index contributed by atoms with van der Waals surface area (Å²) in [5, 5.41) is -0.553. The maximum absolute atomic E-state index is 11.0. The van der Waals surface area contributed by atoms with Crippen LogP contribution in [0.5, 0.6) is 0 Å². The van der Waals surface area contributed by atoms with Gasteiger partial charge in [-0.1, -0.05) is 0 Å². The Morgan fingerprint density at radius 2 is 2.00 bits per heavy atom. The van der Waals surface area contributed by atoms with Gasteiger partial charge in [-0.15, -0.1) is 0 Å². The summed E-state index contributed by atoms with van der Waals surface area (Å²) in [4.78, 5) is 19.0. The third-order valence-electron chi connectivity index (χ3n) is 4.09. The third-order valence-corrected chi connectivity index (χ3v) is 4.81. The third kappa shape index (κ3) is 3.47. The fourth-order valence-corrected chi connectivity index (χ4v) is 3.30. The van der Waals surface area contributed by atoms with Crippen molar-refractivity contribution in [1.82, 2.24) is 24.8 Å². The molecule has 1 aliphatic rings. The van der Waals surface area contributed by atoms with Crippen LogP contribution in [-0.4, -0.2) is 44.4 Å². The quantitative estimate of drug-likeness (QED) is 0.616. The highest BCUT2D eigenvalue weighted by Crippen LogP contribution is 2.22. The maximum Gasteiger partial charge on any atom is 0.205 e. The highest BCUT2D eigenvalue weighted by molar-refractivity contribution is 7.85. The molecule has 0 fully saturated rings. The van der Waals surface area contributed by atoms with Crippen molar-refractivity contribution in [2.45, 2.75) is 24.6 Å². The van der Waals surface area contributed by atoms with Gasteiger partial charge in [0.05, 0.1) is 17.8 Å². The SMILES string of the molecule is O=S(=O)([O-])c1ccc(CN2CCc3nc(-c4cncnc4)ncc3C2)o1. The fraction of sp³-hybridized carbons (Fsp3) is 0.250. The minimum absolute atomic E-state index is 0.406. The van der Waals surface area contributed by atoms with E-state index in [1.54, 1.807) is 18.6 Å². The molecule has 26 heavy (non-hydrogen) atoms. The lowest BCUT2D eigenvalue weighted by molar-refractivity contribution is 0.216. The molecule has 0 atom stereocenters. The van der Waals surface area contributed by atoms with E-state index in [1.807, 2.05) is 0 Å². The fourth-order valence-electron chi connectivity index (χ4n) is 2.86. The van der Waals surface area contributed by atoms with Gasteiger partial charge in [0.15, 0.2) is 15.9 Å². The van der Waals surface area contributed by atoms with E-state index >= 15 is 0 Å². The lowest BCUT2D eigenvalue weighted by Crippen LogP contribution is -2.30. The summed E-state index contributed by atoms with van der Waals surface area (Å²) in [6, 6.07) is 2.70. The zero-order valence-corrected chi connectivity index (χ0v) is 14.4. The summed E-state index contributed by atoms with van der Waals surface area (Å²) < 4.78 is 38.0. The molecule has 0 saturated heterocycles. The largest absolute Gasteiger partial charge is 0.742 e. The predicted molar refractivity (Wildman–Crippen MR) is 87.5 cm³/mol. The van der Waals surface area contributed by atoms with Gasteiger partial charge in [0.1, 0.15) is 12.1 Å². The Hall–Kier alpha value is -2.69. The van der Waals surface area contributed by atoms with E-state index in [9.17, 15) is 13.0 Å². The van der Waals surface area contributed by atoms with E-state index in [1.165, 1.54) is 18.5 Å². The summed E-state index contributed by atoms with van der Waals surface area (Å²) in [6.07, 6.45) is 7.31. The highest BCUT2D eigenvalue weighted by Gasteiger charge is 2.20. The lowest BCUT2D eigenvalue weighted by Gasteiger charge is -2.27. The minimum atomic E-state index is -4.57. The van der Waals surface area contributed by atoms with Gasteiger partial charge in [-0.05, 0) is 12.1 Å². The second-order valence-electron chi connectivity index (χ2n) is 5.93. The zero-order valence-electron chi connectivity index (χ0n) is 13.6. The van der Waals surface area contributed by atoms with Gasteiger partial charge in [-0.3, -0.25) is 4.90 Å². The molecule has 4 rings (SSSR count). The molecule has 3 aromatic heterocycles.